The van der Waals surface area contributed by atoms with E-state index in [-0.39, 0.29) is 36.5 Å². The van der Waals surface area contributed by atoms with Crippen LogP contribution in [-0.2, 0) is 9.59 Å². The predicted molar refractivity (Wildman–Crippen MR) is 135 cm³/mol. The maximum absolute atomic E-state index is 12.8. The van der Waals surface area contributed by atoms with Crippen LogP contribution in [0.2, 0.25) is 0 Å². The molecule has 0 aliphatic carbocycles. The van der Waals surface area contributed by atoms with Gasteiger partial charge in [0.25, 0.3) is 5.91 Å². The molecule has 5 rings (SSSR count). The highest BCUT2D eigenvalue weighted by atomic mass is 16.2. The van der Waals surface area contributed by atoms with Crippen molar-refractivity contribution >= 4 is 34.3 Å². The minimum Gasteiger partial charge on any atom is -0.361 e. The predicted octanol–water partition coefficient (Wildman–Crippen LogP) is 3.95. The van der Waals surface area contributed by atoms with E-state index in [0.29, 0.717) is 17.8 Å². The molecule has 1 aliphatic rings. The second-order valence-corrected chi connectivity index (χ2v) is 8.66. The molecule has 0 fully saturated rings. The number of H-pyrrole nitrogens is 1. The number of fused-ring (bicyclic) bond motifs is 2. The van der Waals surface area contributed by atoms with Crippen molar-refractivity contribution in [1.29, 1.82) is 0 Å². The Morgan fingerprint density at radius 3 is 2.51 bits per heavy atom. The molecule has 0 saturated heterocycles. The smallest absolute Gasteiger partial charge is 0.254 e. The maximum atomic E-state index is 12.8. The Balaban J connectivity index is 1.25. The van der Waals surface area contributed by atoms with Crippen molar-refractivity contribution in [3.63, 3.8) is 0 Å². The maximum Gasteiger partial charge on any atom is 0.254 e. The molecule has 2 heterocycles. The quantitative estimate of drug-likeness (QED) is 0.332. The third-order valence-corrected chi connectivity index (χ3v) is 6.41. The Hall–Kier alpha value is -4.39. The first-order valence-corrected chi connectivity index (χ1v) is 11.7. The molecule has 176 valence electrons. The van der Waals surface area contributed by atoms with Gasteiger partial charge in [0.15, 0.2) is 0 Å². The number of rotatable bonds is 7. The highest BCUT2D eigenvalue weighted by molar-refractivity contribution is 6.09. The average molecular weight is 467 g/mol. The first-order chi connectivity index (χ1) is 17.1. The van der Waals surface area contributed by atoms with Gasteiger partial charge < -0.3 is 20.9 Å². The van der Waals surface area contributed by atoms with Gasteiger partial charge in [0, 0.05) is 36.0 Å². The van der Waals surface area contributed by atoms with Gasteiger partial charge in [-0.25, -0.2) is 0 Å². The largest absolute Gasteiger partial charge is 0.361 e. The van der Waals surface area contributed by atoms with Crippen molar-refractivity contribution < 1.29 is 14.4 Å². The van der Waals surface area contributed by atoms with Gasteiger partial charge in [-0.15, -0.1) is 0 Å². The van der Waals surface area contributed by atoms with E-state index in [1.807, 2.05) is 42.6 Å². The van der Waals surface area contributed by atoms with Crippen LogP contribution in [0.15, 0.2) is 85.1 Å². The van der Waals surface area contributed by atoms with Crippen LogP contribution in [0.3, 0.4) is 0 Å². The third kappa shape index (κ3) is 4.80. The first-order valence-electron chi connectivity index (χ1n) is 11.7. The van der Waals surface area contributed by atoms with E-state index in [1.54, 1.807) is 24.3 Å². The van der Waals surface area contributed by atoms with Gasteiger partial charge in [-0.05, 0) is 35.7 Å². The van der Waals surface area contributed by atoms with Crippen molar-refractivity contribution in [3.05, 3.63) is 102 Å². The molecular weight excluding hydrogens is 440 g/mol. The number of amides is 3. The summed E-state index contributed by atoms with van der Waals surface area (Å²) >= 11 is 0. The van der Waals surface area contributed by atoms with Gasteiger partial charge in [0.1, 0.15) is 6.04 Å². The van der Waals surface area contributed by atoms with Crippen molar-refractivity contribution in [2.24, 2.45) is 0 Å². The molecule has 4 N–H and O–H groups in total. The second kappa shape index (κ2) is 9.85. The summed E-state index contributed by atoms with van der Waals surface area (Å²) in [7, 11) is 0. The molecule has 3 aromatic carbocycles. The summed E-state index contributed by atoms with van der Waals surface area (Å²) in [4.78, 5) is 41.2. The molecule has 0 saturated carbocycles. The lowest BCUT2D eigenvalue weighted by atomic mass is 9.91. The minimum atomic E-state index is -0.779. The zero-order valence-electron chi connectivity index (χ0n) is 19.1. The summed E-state index contributed by atoms with van der Waals surface area (Å²) in [6, 6.07) is 24.2. The molecule has 0 bridgehead atoms. The highest BCUT2D eigenvalue weighted by Gasteiger charge is 2.28. The molecule has 1 aromatic heterocycles. The zero-order valence-corrected chi connectivity index (χ0v) is 19.1. The van der Waals surface area contributed by atoms with E-state index in [2.05, 4.69) is 39.1 Å². The number of hydrogen-bond donors (Lipinski definition) is 4. The molecule has 1 aliphatic heterocycles. The van der Waals surface area contributed by atoms with Crippen LogP contribution >= 0.6 is 0 Å². The second-order valence-electron chi connectivity index (χ2n) is 8.66. The van der Waals surface area contributed by atoms with E-state index >= 15 is 0 Å². The minimum absolute atomic E-state index is 0.0355. The van der Waals surface area contributed by atoms with Crippen LogP contribution in [-0.4, -0.2) is 35.3 Å². The lowest BCUT2D eigenvalue weighted by Crippen LogP contribution is -2.42. The number of carbonyl (C=O) groups excluding carboxylic acids is 3. The molecule has 35 heavy (non-hydrogen) atoms. The Bertz CT molecular complexity index is 1380. The number of nitrogens with one attached hydrogen (secondary N) is 4. The number of aromatic amines is 1. The van der Waals surface area contributed by atoms with E-state index < -0.39 is 6.04 Å². The summed E-state index contributed by atoms with van der Waals surface area (Å²) in [5.41, 5.74) is 4.15. The van der Waals surface area contributed by atoms with E-state index in [9.17, 15) is 14.4 Å². The van der Waals surface area contributed by atoms with Crippen molar-refractivity contribution in [2.75, 3.05) is 11.9 Å². The Morgan fingerprint density at radius 2 is 1.66 bits per heavy atom. The van der Waals surface area contributed by atoms with E-state index in [4.69, 9.17) is 0 Å². The fraction of sp³-hybridized carbons (Fsp3) is 0.179. The number of para-hydroxylation sites is 2. The fourth-order valence-corrected chi connectivity index (χ4v) is 4.57. The Morgan fingerprint density at radius 1 is 0.914 bits per heavy atom. The third-order valence-electron chi connectivity index (χ3n) is 6.41. The summed E-state index contributed by atoms with van der Waals surface area (Å²) < 4.78 is 0. The van der Waals surface area contributed by atoms with Crippen molar-refractivity contribution in [2.45, 2.75) is 24.8 Å². The Kier molecular flexibility index (Phi) is 6.30. The molecule has 0 spiro atoms. The van der Waals surface area contributed by atoms with Gasteiger partial charge in [-0.2, -0.15) is 0 Å². The topological polar surface area (TPSA) is 103 Å². The number of aromatic nitrogens is 1. The molecule has 2 unspecified atom stereocenters. The van der Waals surface area contributed by atoms with Gasteiger partial charge in [-0.1, -0.05) is 60.7 Å². The summed E-state index contributed by atoms with van der Waals surface area (Å²) in [5, 5.41) is 9.67. The number of hydrogen-bond acceptors (Lipinski definition) is 3. The lowest BCUT2D eigenvalue weighted by Gasteiger charge is -2.19. The monoisotopic (exact) mass is 466 g/mol. The fourth-order valence-electron chi connectivity index (χ4n) is 4.57. The Labute approximate surface area is 202 Å². The molecule has 4 aromatic rings. The number of benzene rings is 3. The van der Waals surface area contributed by atoms with E-state index in [1.165, 1.54) is 0 Å². The zero-order chi connectivity index (χ0) is 24.2. The van der Waals surface area contributed by atoms with Crippen LogP contribution in [0.5, 0.6) is 0 Å². The van der Waals surface area contributed by atoms with Crippen molar-refractivity contribution in [3.8, 4) is 0 Å². The first kappa shape index (κ1) is 22.4. The summed E-state index contributed by atoms with van der Waals surface area (Å²) in [6.07, 6.45) is 2.32. The van der Waals surface area contributed by atoms with Gasteiger partial charge in [0.05, 0.1) is 11.3 Å². The van der Waals surface area contributed by atoms with Crippen LogP contribution in [0.25, 0.3) is 10.9 Å². The molecule has 7 nitrogen and oxygen atoms in total. The number of carbonyl (C=O) groups is 3. The molecule has 7 heteroatoms. The van der Waals surface area contributed by atoms with Crippen molar-refractivity contribution in [1.82, 2.24) is 15.6 Å². The number of anilines is 1. The van der Waals surface area contributed by atoms with Crippen LogP contribution in [0.4, 0.5) is 5.69 Å². The SMILES string of the molecule is O=C(CCC1NC(=O)c2ccccc2NC1=O)NCC(c1ccccc1)c1c[nH]c2ccccc12. The van der Waals surface area contributed by atoms with Crippen LogP contribution < -0.4 is 16.0 Å². The van der Waals surface area contributed by atoms with E-state index in [0.717, 1.165) is 22.0 Å². The molecule has 3 amide bonds. The highest BCUT2D eigenvalue weighted by Crippen LogP contribution is 2.30. The lowest BCUT2D eigenvalue weighted by molar-refractivity contribution is -0.121. The van der Waals surface area contributed by atoms with Crippen LogP contribution in [0, 0.1) is 0 Å². The van der Waals surface area contributed by atoms with Crippen LogP contribution in [0.1, 0.15) is 40.2 Å². The summed E-state index contributed by atoms with van der Waals surface area (Å²) in [5.74, 6) is -0.855. The molecule has 0 radical (unpaired) electrons. The normalized spacial score (nSPS) is 16.1. The summed E-state index contributed by atoms with van der Waals surface area (Å²) in [6.45, 7) is 0.416. The standard InChI is InChI=1S/C28H26N4O3/c33-26(15-14-25-28(35)31-24-13-7-5-11-20(24)27(34)32-25)30-16-21(18-8-2-1-3-9-18)22-17-29-23-12-6-4-10-19(22)23/h1-13,17,21,25,29H,14-16H2,(H,30,33)(H,31,35)(H,32,34). The average Bonchev–Trinajstić information content (AvgIpc) is 3.26. The van der Waals surface area contributed by atoms with Gasteiger partial charge in [0.2, 0.25) is 11.8 Å². The molecular formula is C28H26N4O3. The van der Waals surface area contributed by atoms with Gasteiger partial charge >= 0.3 is 0 Å². The molecule has 2 atom stereocenters. The van der Waals surface area contributed by atoms with Gasteiger partial charge in [-0.3, -0.25) is 14.4 Å².